The van der Waals surface area contributed by atoms with Crippen LogP contribution in [0.5, 0.6) is 0 Å². The minimum Gasteiger partial charge on any atom is -0.377 e. The predicted octanol–water partition coefficient (Wildman–Crippen LogP) is 2.96. The van der Waals surface area contributed by atoms with Crippen molar-refractivity contribution >= 4 is 23.1 Å². The molecule has 0 spiro atoms. The second-order valence-electron chi connectivity index (χ2n) is 3.78. The molecule has 0 saturated heterocycles. The van der Waals surface area contributed by atoms with E-state index in [1.165, 1.54) is 22.9 Å². The molecule has 0 heterocycles. The summed E-state index contributed by atoms with van der Waals surface area (Å²) in [5.74, 6) is 0. The Kier molecular flexibility index (Phi) is 5.77. The van der Waals surface area contributed by atoms with E-state index in [-0.39, 0.29) is 0 Å². The predicted molar refractivity (Wildman–Crippen MR) is 77.9 cm³/mol. The van der Waals surface area contributed by atoms with E-state index in [2.05, 4.69) is 42.2 Å². The van der Waals surface area contributed by atoms with Crippen molar-refractivity contribution in [3.05, 3.63) is 34.9 Å². The van der Waals surface area contributed by atoms with Crippen molar-refractivity contribution in [2.75, 3.05) is 6.26 Å². The first-order valence-corrected chi connectivity index (χ1v) is 6.90. The Balaban J connectivity index is 2.96. The molecule has 0 aliphatic rings. The number of amidine groups is 1. The third-order valence-electron chi connectivity index (χ3n) is 2.49. The number of nitrogens with zero attached hydrogens (tertiary/aromatic N) is 2. The van der Waals surface area contributed by atoms with Gasteiger partial charge in [0.25, 0.3) is 0 Å². The van der Waals surface area contributed by atoms with Crippen LogP contribution in [0, 0.1) is 6.92 Å². The molecule has 0 saturated carbocycles. The summed E-state index contributed by atoms with van der Waals surface area (Å²) < 4.78 is 0. The average Bonchev–Trinajstić information content (AvgIpc) is 2.32. The van der Waals surface area contributed by atoms with Crippen LogP contribution in [0.25, 0.3) is 0 Å². The summed E-state index contributed by atoms with van der Waals surface area (Å²) in [6.07, 6.45) is 5.86. The fourth-order valence-corrected chi connectivity index (χ4v) is 1.73. The molecule has 0 radical (unpaired) electrons. The van der Waals surface area contributed by atoms with Crippen molar-refractivity contribution in [2.45, 2.75) is 26.7 Å². The summed E-state index contributed by atoms with van der Waals surface area (Å²) in [7, 11) is 0. The topological polar surface area (TPSA) is 50.7 Å². The van der Waals surface area contributed by atoms with Gasteiger partial charge in [0.1, 0.15) is 0 Å². The zero-order valence-corrected chi connectivity index (χ0v) is 11.4. The molecule has 1 aromatic carbocycles. The lowest BCUT2D eigenvalue weighted by Crippen LogP contribution is -2.04. The lowest BCUT2D eigenvalue weighted by Gasteiger charge is -2.06. The molecule has 0 fully saturated rings. The third kappa shape index (κ3) is 4.23. The lowest BCUT2D eigenvalue weighted by molar-refractivity contribution is 0.918. The van der Waals surface area contributed by atoms with E-state index in [1.807, 2.05) is 6.26 Å². The number of benzene rings is 1. The van der Waals surface area contributed by atoms with Gasteiger partial charge in [-0.25, -0.2) is 0 Å². The molecule has 1 aromatic rings. The first-order valence-electron chi connectivity index (χ1n) is 5.68. The van der Waals surface area contributed by atoms with Crippen molar-refractivity contribution in [1.82, 2.24) is 0 Å². The van der Waals surface area contributed by atoms with E-state index >= 15 is 0 Å². The molecule has 0 amide bonds. The molecule has 1 rings (SSSR count). The Morgan fingerprint density at radius 1 is 1.47 bits per heavy atom. The number of aryl methyl sites for hydroxylation is 2. The molecule has 0 aliphatic heterocycles. The van der Waals surface area contributed by atoms with Crippen molar-refractivity contribution < 1.29 is 0 Å². The summed E-state index contributed by atoms with van der Waals surface area (Å²) in [6, 6.07) is 6.30. The summed E-state index contributed by atoms with van der Waals surface area (Å²) >= 11 is 1.39. The van der Waals surface area contributed by atoms with Crippen LogP contribution in [0.3, 0.4) is 0 Å². The zero-order chi connectivity index (χ0) is 12.7. The number of thioether (sulfide) groups is 1. The van der Waals surface area contributed by atoms with Crippen LogP contribution in [-0.2, 0) is 6.42 Å². The van der Waals surface area contributed by atoms with E-state index < -0.39 is 0 Å². The highest BCUT2D eigenvalue weighted by atomic mass is 32.2. The monoisotopic (exact) mass is 249 g/mol. The molecule has 17 heavy (non-hydrogen) atoms. The Bertz CT molecular complexity index is 425. The van der Waals surface area contributed by atoms with Crippen molar-refractivity contribution in [3.8, 4) is 0 Å². The van der Waals surface area contributed by atoms with Crippen LogP contribution in [0.2, 0.25) is 0 Å². The van der Waals surface area contributed by atoms with E-state index in [9.17, 15) is 0 Å². The van der Waals surface area contributed by atoms with E-state index in [4.69, 9.17) is 5.73 Å². The molecule has 3 nitrogen and oxygen atoms in total. The Labute approximate surface area is 107 Å². The van der Waals surface area contributed by atoms with Gasteiger partial charge in [-0.15, -0.1) is 5.10 Å². The lowest BCUT2D eigenvalue weighted by atomic mass is 9.99. The summed E-state index contributed by atoms with van der Waals surface area (Å²) in [5, 5.41) is 8.42. The Morgan fingerprint density at radius 2 is 2.24 bits per heavy atom. The first kappa shape index (κ1) is 13.8. The molecule has 92 valence electrons. The molecule has 0 aliphatic carbocycles. The molecule has 0 aromatic heterocycles. The zero-order valence-electron chi connectivity index (χ0n) is 10.6. The molecule has 0 atom stereocenters. The van der Waals surface area contributed by atoms with Gasteiger partial charge in [0.15, 0.2) is 5.17 Å². The highest BCUT2D eigenvalue weighted by Gasteiger charge is 2.01. The highest BCUT2D eigenvalue weighted by Crippen LogP contribution is 2.14. The van der Waals surface area contributed by atoms with Crippen LogP contribution in [0.4, 0.5) is 0 Å². The van der Waals surface area contributed by atoms with Gasteiger partial charge in [-0.1, -0.05) is 43.3 Å². The number of hydrogen-bond acceptors (Lipinski definition) is 3. The van der Waals surface area contributed by atoms with E-state index in [0.717, 1.165) is 18.4 Å². The maximum absolute atomic E-state index is 5.57. The summed E-state index contributed by atoms with van der Waals surface area (Å²) in [6.45, 7) is 4.26. The molecule has 4 heteroatoms. The minimum atomic E-state index is 0.479. The van der Waals surface area contributed by atoms with Gasteiger partial charge < -0.3 is 5.73 Å². The van der Waals surface area contributed by atoms with Crippen LogP contribution in [-0.4, -0.2) is 17.6 Å². The largest absolute Gasteiger partial charge is 0.377 e. The minimum absolute atomic E-state index is 0.479. The van der Waals surface area contributed by atoms with Gasteiger partial charge in [0.05, 0.1) is 6.21 Å². The standard InChI is InChI=1S/C13H19N3S/c1-4-6-11-8-5-7-10(2)12(11)9-15-16-13(14)17-3/h5,7-9H,4,6H2,1-3H3,(H2,14,16)/b15-9+. The van der Waals surface area contributed by atoms with E-state index in [0.29, 0.717) is 5.17 Å². The van der Waals surface area contributed by atoms with E-state index in [1.54, 1.807) is 6.21 Å². The van der Waals surface area contributed by atoms with Gasteiger partial charge in [-0.3, -0.25) is 0 Å². The summed E-state index contributed by atoms with van der Waals surface area (Å²) in [5.41, 5.74) is 9.26. The molecule has 0 bridgehead atoms. The number of rotatable bonds is 4. The van der Waals surface area contributed by atoms with Crippen LogP contribution in [0.15, 0.2) is 28.4 Å². The van der Waals surface area contributed by atoms with Crippen LogP contribution >= 0.6 is 11.8 Å². The van der Waals surface area contributed by atoms with Gasteiger partial charge >= 0.3 is 0 Å². The van der Waals surface area contributed by atoms with Gasteiger partial charge in [-0.05, 0) is 30.7 Å². The average molecular weight is 249 g/mol. The second-order valence-corrected chi connectivity index (χ2v) is 4.61. The first-order chi connectivity index (χ1) is 8.19. The smallest absolute Gasteiger partial charge is 0.180 e. The normalized spacial score (nSPS) is 12.3. The van der Waals surface area contributed by atoms with Gasteiger partial charge in [0.2, 0.25) is 0 Å². The summed E-state index contributed by atoms with van der Waals surface area (Å²) in [4.78, 5) is 0. The molecule has 0 unspecified atom stereocenters. The molecular formula is C13H19N3S. The van der Waals surface area contributed by atoms with Crippen LogP contribution in [0.1, 0.15) is 30.0 Å². The fraction of sp³-hybridized carbons (Fsp3) is 0.385. The van der Waals surface area contributed by atoms with Gasteiger partial charge in [-0.2, -0.15) is 5.10 Å². The molecule has 2 N–H and O–H groups in total. The maximum atomic E-state index is 5.57. The second kappa shape index (κ2) is 7.12. The quantitative estimate of drug-likeness (QED) is 0.506. The van der Waals surface area contributed by atoms with Crippen molar-refractivity contribution in [2.24, 2.45) is 15.9 Å². The number of hydrogen-bond donors (Lipinski definition) is 1. The number of nitrogens with two attached hydrogens (primary N) is 1. The third-order valence-corrected chi connectivity index (χ3v) is 2.99. The van der Waals surface area contributed by atoms with Crippen molar-refractivity contribution in [3.63, 3.8) is 0 Å². The molecular weight excluding hydrogens is 230 g/mol. The van der Waals surface area contributed by atoms with Gasteiger partial charge in [0, 0.05) is 5.56 Å². The fourth-order valence-electron chi connectivity index (χ4n) is 1.60. The SMILES string of the molecule is CCCc1cccc(C)c1/C=N/N=C(\N)SC. The van der Waals surface area contributed by atoms with Crippen LogP contribution < -0.4 is 5.73 Å². The van der Waals surface area contributed by atoms with Crippen molar-refractivity contribution in [1.29, 1.82) is 0 Å². The highest BCUT2D eigenvalue weighted by molar-refractivity contribution is 8.13. The maximum Gasteiger partial charge on any atom is 0.180 e. The Hall–Kier alpha value is -1.29. The Morgan fingerprint density at radius 3 is 2.88 bits per heavy atom.